The minimum absolute atomic E-state index is 0.416. The van der Waals surface area contributed by atoms with Crippen LogP contribution >= 0.6 is 0 Å². The molecule has 20 heavy (non-hydrogen) atoms. The van der Waals surface area contributed by atoms with Gasteiger partial charge < -0.3 is 0 Å². The number of aryl methyl sites for hydroxylation is 2. The lowest BCUT2D eigenvalue weighted by Gasteiger charge is -2.22. The van der Waals surface area contributed by atoms with Crippen molar-refractivity contribution >= 4 is 0 Å². The Morgan fingerprint density at radius 1 is 1.05 bits per heavy atom. The summed E-state index contributed by atoms with van der Waals surface area (Å²) >= 11 is 0. The Balaban J connectivity index is 1.93. The molecule has 0 bridgehead atoms. The molecule has 1 atom stereocenters. The lowest BCUT2D eigenvalue weighted by molar-refractivity contribution is 0.352. The van der Waals surface area contributed by atoms with Crippen molar-refractivity contribution in [2.75, 3.05) is 0 Å². The number of nitrogens with two attached hydrogens (primary N) is 1. The maximum absolute atomic E-state index is 5.80. The summed E-state index contributed by atoms with van der Waals surface area (Å²) in [7, 11) is 0. The van der Waals surface area contributed by atoms with Crippen LogP contribution in [-0.4, -0.2) is 6.04 Å². The van der Waals surface area contributed by atoms with Crippen molar-refractivity contribution in [2.24, 2.45) is 11.8 Å². The zero-order chi connectivity index (χ0) is 14.4. The highest BCUT2D eigenvalue weighted by molar-refractivity contribution is 5.29. The highest BCUT2D eigenvalue weighted by Gasteiger charge is 2.17. The van der Waals surface area contributed by atoms with Gasteiger partial charge in [0.2, 0.25) is 0 Å². The molecule has 0 amide bonds. The van der Waals surface area contributed by atoms with Gasteiger partial charge in [-0.2, -0.15) is 0 Å². The third-order valence-electron chi connectivity index (χ3n) is 4.59. The first kappa shape index (κ1) is 15.5. The normalized spacial score (nSPS) is 18.8. The molecule has 0 heterocycles. The molecule has 0 spiro atoms. The molecule has 2 heteroatoms. The monoisotopic (exact) mass is 274 g/mol. The fourth-order valence-corrected chi connectivity index (χ4v) is 3.68. The van der Waals surface area contributed by atoms with Crippen LogP contribution in [0.5, 0.6) is 0 Å². The minimum atomic E-state index is 0.416. The van der Waals surface area contributed by atoms with E-state index in [1.807, 2.05) is 0 Å². The molecule has 0 saturated heterocycles. The molecule has 1 aliphatic carbocycles. The Kier molecular flexibility index (Phi) is 6.06. The second kappa shape index (κ2) is 7.80. The van der Waals surface area contributed by atoms with Crippen LogP contribution in [0.15, 0.2) is 18.2 Å². The van der Waals surface area contributed by atoms with Crippen LogP contribution in [0.3, 0.4) is 0 Å². The summed E-state index contributed by atoms with van der Waals surface area (Å²) in [6.07, 6.45) is 10.7. The molecule has 1 aromatic carbocycles. The molecule has 0 aliphatic heterocycles. The van der Waals surface area contributed by atoms with E-state index in [0.717, 1.165) is 12.3 Å². The maximum atomic E-state index is 5.80. The standard InChI is InChI=1S/C18H30N2/c1-14-9-15(2)11-17(10-14)13-18(20-19)12-16-7-5-3-4-6-8-16/h9-11,16,18,20H,3-8,12-13,19H2,1-2H3. The molecular formula is C18H30N2. The Hall–Kier alpha value is -0.860. The van der Waals surface area contributed by atoms with Crippen LogP contribution in [-0.2, 0) is 6.42 Å². The average molecular weight is 274 g/mol. The van der Waals surface area contributed by atoms with Gasteiger partial charge in [0.15, 0.2) is 0 Å². The molecular weight excluding hydrogens is 244 g/mol. The molecule has 0 aromatic heterocycles. The van der Waals surface area contributed by atoms with Gasteiger partial charge in [0.05, 0.1) is 0 Å². The highest BCUT2D eigenvalue weighted by Crippen LogP contribution is 2.27. The fourth-order valence-electron chi connectivity index (χ4n) is 3.68. The molecule has 1 aromatic rings. The van der Waals surface area contributed by atoms with E-state index >= 15 is 0 Å². The molecule has 2 rings (SSSR count). The first-order valence-electron chi connectivity index (χ1n) is 8.20. The predicted octanol–water partition coefficient (Wildman–Crippen LogP) is 4.04. The summed E-state index contributed by atoms with van der Waals surface area (Å²) in [6.45, 7) is 4.35. The largest absolute Gasteiger partial charge is 0.271 e. The van der Waals surface area contributed by atoms with E-state index in [1.165, 1.54) is 61.6 Å². The van der Waals surface area contributed by atoms with E-state index < -0.39 is 0 Å². The second-order valence-electron chi connectivity index (χ2n) is 6.66. The first-order valence-corrected chi connectivity index (χ1v) is 8.20. The number of rotatable bonds is 5. The van der Waals surface area contributed by atoms with Gasteiger partial charge in [-0.05, 0) is 38.2 Å². The SMILES string of the molecule is Cc1cc(C)cc(CC(CC2CCCCCC2)NN)c1. The van der Waals surface area contributed by atoms with Crippen LogP contribution < -0.4 is 11.3 Å². The summed E-state index contributed by atoms with van der Waals surface area (Å²) < 4.78 is 0. The van der Waals surface area contributed by atoms with Crippen LogP contribution in [0.2, 0.25) is 0 Å². The third-order valence-corrected chi connectivity index (χ3v) is 4.59. The molecule has 1 aliphatic rings. The highest BCUT2D eigenvalue weighted by atomic mass is 15.2. The number of hydrogen-bond donors (Lipinski definition) is 2. The second-order valence-corrected chi connectivity index (χ2v) is 6.66. The number of nitrogens with one attached hydrogen (secondary N) is 1. The van der Waals surface area contributed by atoms with Crippen molar-refractivity contribution in [1.29, 1.82) is 0 Å². The van der Waals surface area contributed by atoms with Crippen LogP contribution in [0.25, 0.3) is 0 Å². The third kappa shape index (κ3) is 4.92. The Bertz CT molecular complexity index is 386. The van der Waals surface area contributed by atoms with Crippen molar-refractivity contribution in [2.45, 2.75) is 71.3 Å². The smallest absolute Gasteiger partial charge is 0.0253 e. The van der Waals surface area contributed by atoms with Gasteiger partial charge in [0.1, 0.15) is 0 Å². The predicted molar refractivity (Wildman–Crippen MR) is 86.5 cm³/mol. The average Bonchev–Trinajstić information content (AvgIpc) is 2.65. The first-order chi connectivity index (χ1) is 9.67. The van der Waals surface area contributed by atoms with Gasteiger partial charge in [-0.15, -0.1) is 0 Å². The lowest BCUT2D eigenvalue weighted by atomic mass is 9.89. The zero-order valence-corrected chi connectivity index (χ0v) is 13.1. The number of benzene rings is 1. The van der Waals surface area contributed by atoms with Gasteiger partial charge >= 0.3 is 0 Å². The molecule has 3 N–H and O–H groups in total. The molecule has 1 saturated carbocycles. The van der Waals surface area contributed by atoms with Crippen LogP contribution in [0.1, 0.15) is 61.6 Å². The minimum Gasteiger partial charge on any atom is -0.271 e. The van der Waals surface area contributed by atoms with Crippen LogP contribution in [0.4, 0.5) is 0 Å². The van der Waals surface area contributed by atoms with Crippen molar-refractivity contribution in [1.82, 2.24) is 5.43 Å². The molecule has 1 unspecified atom stereocenters. The van der Waals surface area contributed by atoms with E-state index in [2.05, 4.69) is 37.5 Å². The Morgan fingerprint density at radius 2 is 1.65 bits per heavy atom. The lowest BCUT2D eigenvalue weighted by Crippen LogP contribution is -2.38. The summed E-state index contributed by atoms with van der Waals surface area (Å²) in [6, 6.07) is 7.24. The van der Waals surface area contributed by atoms with E-state index in [0.29, 0.717) is 6.04 Å². The number of hydrazine groups is 1. The van der Waals surface area contributed by atoms with Crippen molar-refractivity contribution in [3.63, 3.8) is 0 Å². The van der Waals surface area contributed by atoms with Crippen molar-refractivity contribution in [3.05, 3.63) is 34.9 Å². The van der Waals surface area contributed by atoms with Crippen molar-refractivity contribution < 1.29 is 0 Å². The number of hydrogen-bond acceptors (Lipinski definition) is 2. The molecule has 2 nitrogen and oxygen atoms in total. The quantitative estimate of drug-likeness (QED) is 0.483. The summed E-state index contributed by atoms with van der Waals surface area (Å²) in [4.78, 5) is 0. The van der Waals surface area contributed by atoms with E-state index in [1.54, 1.807) is 0 Å². The summed E-state index contributed by atoms with van der Waals surface area (Å²) in [5.41, 5.74) is 7.18. The topological polar surface area (TPSA) is 38.0 Å². The zero-order valence-electron chi connectivity index (χ0n) is 13.1. The summed E-state index contributed by atoms with van der Waals surface area (Å²) in [5, 5.41) is 0. The van der Waals surface area contributed by atoms with Gasteiger partial charge in [0, 0.05) is 6.04 Å². The summed E-state index contributed by atoms with van der Waals surface area (Å²) in [5.74, 6) is 6.67. The van der Waals surface area contributed by atoms with Crippen LogP contribution in [0, 0.1) is 19.8 Å². The fraction of sp³-hybridized carbons (Fsp3) is 0.667. The van der Waals surface area contributed by atoms with E-state index in [4.69, 9.17) is 5.84 Å². The Labute approximate surface area is 124 Å². The van der Waals surface area contributed by atoms with Gasteiger partial charge in [-0.25, -0.2) is 0 Å². The van der Waals surface area contributed by atoms with Gasteiger partial charge in [-0.3, -0.25) is 11.3 Å². The Morgan fingerprint density at radius 3 is 2.20 bits per heavy atom. The molecule has 0 radical (unpaired) electrons. The molecule has 1 fully saturated rings. The van der Waals surface area contributed by atoms with E-state index in [-0.39, 0.29) is 0 Å². The van der Waals surface area contributed by atoms with Crippen molar-refractivity contribution in [3.8, 4) is 0 Å². The van der Waals surface area contributed by atoms with Gasteiger partial charge in [0.25, 0.3) is 0 Å². The maximum Gasteiger partial charge on any atom is 0.0253 e. The molecule has 112 valence electrons. The van der Waals surface area contributed by atoms with Gasteiger partial charge in [-0.1, -0.05) is 67.9 Å². The van der Waals surface area contributed by atoms with E-state index in [9.17, 15) is 0 Å².